The molecule has 0 amide bonds. The Balaban J connectivity index is 1.64. The number of nitrogens with zero attached hydrogens (tertiary/aromatic N) is 5. The molecule has 0 aliphatic rings. The largest absolute Gasteiger partial charge is 0.508 e. The van der Waals surface area contributed by atoms with Crippen LogP contribution in [0, 0.1) is 0 Å². The third-order valence-corrected chi connectivity index (χ3v) is 5.71. The van der Waals surface area contributed by atoms with Crippen molar-refractivity contribution in [1.82, 2.24) is 24.8 Å². The molecule has 0 spiro atoms. The normalized spacial score (nSPS) is 12.2. The third kappa shape index (κ3) is 4.68. The quantitative estimate of drug-likeness (QED) is 0.390. The molecule has 2 aromatic carbocycles. The zero-order chi connectivity index (χ0) is 22.5. The Hall–Kier alpha value is -3.58. The number of fused-ring (bicyclic) bond motifs is 1. The molecule has 0 saturated carbocycles. The smallest absolute Gasteiger partial charge is 0.183 e. The number of hydrogen-bond acceptors (Lipinski definition) is 7. The van der Waals surface area contributed by atoms with Gasteiger partial charge in [-0.05, 0) is 50.2 Å². The van der Waals surface area contributed by atoms with Gasteiger partial charge in [0.05, 0.1) is 11.9 Å². The minimum atomic E-state index is 0.299. The number of nitrogens with one attached hydrogen (secondary N) is 1. The molecule has 0 aliphatic heterocycles. The average molecular weight is 429 g/mol. The fourth-order valence-electron chi connectivity index (χ4n) is 3.94. The Morgan fingerprint density at radius 3 is 2.53 bits per heavy atom. The van der Waals surface area contributed by atoms with E-state index in [9.17, 15) is 5.11 Å². The van der Waals surface area contributed by atoms with Crippen LogP contribution in [0.5, 0.6) is 5.75 Å². The molecule has 1 unspecified atom stereocenters. The van der Waals surface area contributed by atoms with Gasteiger partial charge in [-0.25, -0.2) is 19.9 Å². The van der Waals surface area contributed by atoms with Gasteiger partial charge in [0.1, 0.15) is 12.1 Å². The fourth-order valence-corrected chi connectivity index (χ4v) is 3.94. The van der Waals surface area contributed by atoms with Crippen molar-refractivity contribution in [3.63, 3.8) is 0 Å². The summed E-state index contributed by atoms with van der Waals surface area (Å²) in [5, 5.41) is 13.8. The predicted molar refractivity (Wildman–Crippen MR) is 128 cm³/mol. The van der Waals surface area contributed by atoms with E-state index in [1.807, 2.05) is 42.5 Å². The number of anilines is 2. The highest BCUT2D eigenvalue weighted by Crippen LogP contribution is 2.28. The van der Waals surface area contributed by atoms with E-state index in [0.717, 1.165) is 42.0 Å². The SMILES string of the molecule is CCN(CC)C(C)Cc1cc(Nc2ncnc3ncc(-c4ccccc4)nc23)ccc1O. The molecule has 4 rings (SSSR count). The van der Waals surface area contributed by atoms with E-state index in [2.05, 4.69) is 45.9 Å². The summed E-state index contributed by atoms with van der Waals surface area (Å²) in [6, 6.07) is 15.8. The van der Waals surface area contributed by atoms with Gasteiger partial charge in [-0.15, -0.1) is 0 Å². The molecule has 7 nitrogen and oxygen atoms in total. The van der Waals surface area contributed by atoms with Gasteiger partial charge in [-0.2, -0.15) is 0 Å². The molecule has 2 aromatic heterocycles. The summed E-state index contributed by atoms with van der Waals surface area (Å²) in [7, 11) is 0. The molecule has 7 heteroatoms. The molecular weight excluding hydrogens is 400 g/mol. The maximum absolute atomic E-state index is 10.4. The average Bonchev–Trinajstić information content (AvgIpc) is 2.82. The monoisotopic (exact) mass is 428 g/mol. The highest BCUT2D eigenvalue weighted by molar-refractivity contribution is 5.86. The van der Waals surface area contributed by atoms with Crippen LogP contribution in [-0.4, -0.2) is 49.1 Å². The number of rotatable bonds is 8. The van der Waals surface area contributed by atoms with Crippen molar-refractivity contribution >= 4 is 22.7 Å². The zero-order valence-electron chi connectivity index (χ0n) is 18.7. The van der Waals surface area contributed by atoms with Crippen molar-refractivity contribution in [2.45, 2.75) is 33.2 Å². The van der Waals surface area contributed by atoms with Crippen molar-refractivity contribution in [3.05, 3.63) is 66.6 Å². The summed E-state index contributed by atoms with van der Waals surface area (Å²) < 4.78 is 0. The molecule has 0 saturated heterocycles. The topological polar surface area (TPSA) is 87.1 Å². The van der Waals surface area contributed by atoms with E-state index < -0.39 is 0 Å². The second-order valence-corrected chi connectivity index (χ2v) is 7.76. The van der Waals surface area contributed by atoms with Gasteiger partial charge in [0.15, 0.2) is 17.0 Å². The number of aromatic hydroxyl groups is 1. The van der Waals surface area contributed by atoms with Crippen molar-refractivity contribution in [2.24, 2.45) is 0 Å². The number of benzene rings is 2. The molecule has 2 N–H and O–H groups in total. The first kappa shape index (κ1) is 21.6. The lowest BCUT2D eigenvalue weighted by atomic mass is 10.0. The van der Waals surface area contributed by atoms with E-state index in [0.29, 0.717) is 28.8 Å². The minimum absolute atomic E-state index is 0.299. The van der Waals surface area contributed by atoms with Crippen LogP contribution in [0.2, 0.25) is 0 Å². The van der Waals surface area contributed by atoms with E-state index in [1.54, 1.807) is 12.3 Å². The van der Waals surface area contributed by atoms with Gasteiger partial charge in [-0.3, -0.25) is 0 Å². The van der Waals surface area contributed by atoms with Crippen LogP contribution in [0.3, 0.4) is 0 Å². The van der Waals surface area contributed by atoms with Gasteiger partial charge in [-0.1, -0.05) is 44.2 Å². The van der Waals surface area contributed by atoms with Crippen molar-refractivity contribution in [1.29, 1.82) is 0 Å². The van der Waals surface area contributed by atoms with E-state index in [1.165, 1.54) is 6.33 Å². The van der Waals surface area contributed by atoms with Gasteiger partial charge in [0.25, 0.3) is 0 Å². The zero-order valence-corrected chi connectivity index (χ0v) is 18.7. The molecule has 0 bridgehead atoms. The van der Waals surface area contributed by atoms with Crippen LogP contribution >= 0.6 is 0 Å². The number of aromatic nitrogens is 4. The van der Waals surface area contributed by atoms with Gasteiger partial charge < -0.3 is 15.3 Å². The Morgan fingerprint density at radius 2 is 1.78 bits per heavy atom. The van der Waals surface area contributed by atoms with Crippen molar-refractivity contribution in [2.75, 3.05) is 18.4 Å². The summed E-state index contributed by atoms with van der Waals surface area (Å²) in [5.74, 6) is 0.877. The number of hydrogen-bond donors (Lipinski definition) is 2. The second-order valence-electron chi connectivity index (χ2n) is 7.76. The molecule has 2 heterocycles. The molecule has 4 aromatic rings. The van der Waals surface area contributed by atoms with Crippen LogP contribution in [0.1, 0.15) is 26.3 Å². The second kappa shape index (κ2) is 9.70. The maximum Gasteiger partial charge on any atom is 0.183 e. The van der Waals surface area contributed by atoms with Crippen LogP contribution in [0.25, 0.3) is 22.4 Å². The fraction of sp³-hybridized carbons (Fsp3) is 0.280. The molecule has 1 atom stereocenters. The first-order chi connectivity index (χ1) is 15.6. The predicted octanol–water partition coefficient (Wildman–Crippen LogP) is 4.81. The van der Waals surface area contributed by atoms with Crippen molar-refractivity contribution < 1.29 is 5.11 Å². The number of phenolic OH excluding ortho intramolecular Hbond substituents is 1. The summed E-state index contributed by atoms with van der Waals surface area (Å²) >= 11 is 0. The van der Waals surface area contributed by atoms with Crippen molar-refractivity contribution in [3.8, 4) is 17.0 Å². The standard InChI is InChI=1S/C25H28N6O/c1-4-31(5-2)17(3)13-19-14-20(11-12-22(19)32)29-25-23-24(27-16-28-25)26-15-21(30-23)18-9-7-6-8-10-18/h6-12,14-17,32H,4-5,13H2,1-3H3,(H,26,27,28,29). The highest BCUT2D eigenvalue weighted by Gasteiger charge is 2.15. The van der Waals surface area contributed by atoms with Crippen LogP contribution < -0.4 is 5.32 Å². The van der Waals surface area contributed by atoms with E-state index >= 15 is 0 Å². The van der Waals surface area contributed by atoms with Gasteiger partial charge in [0.2, 0.25) is 0 Å². The van der Waals surface area contributed by atoms with Crippen LogP contribution in [-0.2, 0) is 6.42 Å². The minimum Gasteiger partial charge on any atom is -0.508 e. The van der Waals surface area contributed by atoms with Gasteiger partial charge >= 0.3 is 0 Å². The maximum atomic E-state index is 10.4. The Labute approximate surface area is 188 Å². The lowest BCUT2D eigenvalue weighted by molar-refractivity contribution is 0.229. The van der Waals surface area contributed by atoms with E-state index in [4.69, 9.17) is 4.98 Å². The van der Waals surface area contributed by atoms with Crippen LogP contribution in [0.4, 0.5) is 11.5 Å². The Morgan fingerprint density at radius 1 is 1.00 bits per heavy atom. The van der Waals surface area contributed by atoms with Gasteiger partial charge in [0, 0.05) is 17.3 Å². The summed E-state index contributed by atoms with van der Waals surface area (Å²) in [6.07, 6.45) is 3.96. The molecule has 0 radical (unpaired) electrons. The Bertz CT molecular complexity index is 1190. The molecular formula is C25H28N6O. The number of likely N-dealkylation sites (N-methyl/N-ethyl adjacent to an activating group) is 1. The molecule has 32 heavy (non-hydrogen) atoms. The summed E-state index contributed by atoms with van der Waals surface area (Å²) in [4.78, 5) is 20.3. The highest BCUT2D eigenvalue weighted by atomic mass is 16.3. The Kier molecular flexibility index (Phi) is 6.56. The lowest BCUT2D eigenvalue weighted by Crippen LogP contribution is -2.34. The molecule has 0 aliphatic carbocycles. The molecule has 164 valence electrons. The first-order valence-corrected chi connectivity index (χ1v) is 10.9. The lowest BCUT2D eigenvalue weighted by Gasteiger charge is -2.26. The van der Waals surface area contributed by atoms with E-state index in [-0.39, 0.29) is 0 Å². The van der Waals surface area contributed by atoms with Crippen LogP contribution in [0.15, 0.2) is 61.1 Å². The first-order valence-electron chi connectivity index (χ1n) is 10.9. The number of phenols is 1. The third-order valence-electron chi connectivity index (χ3n) is 5.71. The summed E-state index contributed by atoms with van der Waals surface area (Å²) in [5.41, 5.74) is 4.58. The summed E-state index contributed by atoms with van der Waals surface area (Å²) in [6.45, 7) is 8.45. The molecule has 0 fully saturated rings.